The number of anilines is 2. The minimum absolute atomic E-state index is 0.00358. The lowest BCUT2D eigenvalue weighted by molar-refractivity contribution is -0.114. The predicted molar refractivity (Wildman–Crippen MR) is 125 cm³/mol. The summed E-state index contributed by atoms with van der Waals surface area (Å²) in [6.45, 7) is 1.78. The molecule has 0 unspecified atom stereocenters. The first-order valence-electron chi connectivity index (χ1n) is 10.1. The number of hydrogen-bond donors (Lipinski definition) is 1. The number of nitrogens with zero attached hydrogens (tertiary/aromatic N) is 2. The first-order valence-corrected chi connectivity index (χ1v) is 11.5. The summed E-state index contributed by atoms with van der Waals surface area (Å²) in [5.41, 5.74) is 0.976. The zero-order valence-electron chi connectivity index (χ0n) is 18.2. The van der Waals surface area contributed by atoms with E-state index in [4.69, 9.17) is 14.7 Å². The fourth-order valence-electron chi connectivity index (χ4n) is 3.13. The maximum absolute atomic E-state index is 13.6. The van der Waals surface area contributed by atoms with Crippen molar-refractivity contribution in [2.24, 2.45) is 0 Å². The van der Waals surface area contributed by atoms with Gasteiger partial charge in [0.05, 0.1) is 35.9 Å². The van der Waals surface area contributed by atoms with E-state index in [1.807, 2.05) is 13.0 Å². The zero-order valence-corrected chi connectivity index (χ0v) is 19.0. The molecule has 0 saturated carbocycles. The van der Waals surface area contributed by atoms with Gasteiger partial charge in [0.25, 0.3) is 10.0 Å². The number of amides is 1. The summed E-state index contributed by atoms with van der Waals surface area (Å²) < 4.78 is 38.9. The Hall–Kier alpha value is -4.03. The molecule has 0 atom stereocenters. The summed E-state index contributed by atoms with van der Waals surface area (Å²) in [5.74, 6) is 0.257. The van der Waals surface area contributed by atoms with Crippen molar-refractivity contribution in [1.82, 2.24) is 0 Å². The molecule has 0 fully saturated rings. The second kappa shape index (κ2) is 10.5. The summed E-state index contributed by atoms with van der Waals surface area (Å²) in [6.07, 6.45) is 0. The summed E-state index contributed by atoms with van der Waals surface area (Å²) in [4.78, 5) is 12.8. The van der Waals surface area contributed by atoms with Crippen LogP contribution in [0.4, 0.5) is 11.4 Å². The Kier molecular flexibility index (Phi) is 7.53. The van der Waals surface area contributed by atoms with Crippen LogP contribution in [0.1, 0.15) is 12.5 Å². The number of ether oxygens (including phenoxy) is 2. The monoisotopic (exact) mass is 465 g/mol. The fraction of sp³-hybridized carbons (Fsp3) is 0.167. The third-order valence-electron chi connectivity index (χ3n) is 4.64. The fourth-order valence-corrected chi connectivity index (χ4v) is 4.57. The number of methoxy groups -OCH3 is 1. The Labute approximate surface area is 193 Å². The molecule has 33 heavy (non-hydrogen) atoms. The quantitative estimate of drug-likeness (QED) is 0.515. The number of hydrogen-bond acceptors (Lipinski definition) is 6. The second-order valence-electron chi connectivity index (χ2n) is 6.83. The average Bonchev–Trinajstić information content (AvgIpc) is 2.83. The van der Waals surface area contributed by atoms with Gasteiger partial charge in [0.15, 0.2) is 0 Å². The van der Waals surface area contributed by atoms with Crippen LogP contribution in [0.25, 0.3) is 0 Å². The molecule has 0 heterocycles. The van der Waals surface area contributed by atoms with Crippen LogP contribution in [0.2, 0.25) is 0 Å². The van der Waals surface area contributed by atoms with Crippen LogP contribution in [-0.2, 0) is 14.8 Å². The Morgan fingerprint density at radius 1 is 1.06 bits per heavy atom. The molecule has 0 aliphatic carbocycles. The van der Waals surface area contributed by atoms with Gasteiger partial charge in [0.1, 0.15) is 18.0 Å². The molecule has 3 aromatic rings. The standard InChI is InChI=1S/C24H23N3O5S/c1-3-32-20-11-13-21(14-12-20)33(29,30)27(22-9-4-5-10-23(22)31-2)17-24(28)26-19-8-6-7-18(15-19)16-25/h4-15H,3,17H2,1-2H3,(H,26,28). The first-order chi connectivity index (χ1) is 15.9. The average molecular weight is 466 g/mol. The Morgan fingerprint density at radius 2 is 1.79 bits per heavy atom. The largest absolute Gasteiger partial charge is 0.495 e. The molecular weight excluding hydrogens is 442 g/mol. The van der Waals surface area contributed by atoms with Gasteiger partial charge >= 0.3 is 0 Å². The van der Waals surface area contributed by atoms with E-state index < -0.39 is 22.5 Å². The molecule has 1 N–H and O–H groups in total. The van der Waals surface area contributed by atoms with E-state index in [-0.39, 0.29) is 10.6 Å². The molecule has 0 aliphatic heterocycles. The van der Waals surface area contributed by atoms with Crippen molar-refractivity contribution < 1.29 is 22.7 Å². The highest BCUT2D eigenvalue weighted by Crippen LogP contribution is 2.32. The van der Waals surface area contributed by atoms with E-state index in [1.54, 1.807) is 54.6 Å². The highest BCUT2D eigenvalue weighted by molar-refractivity contribution is 7.92. The molecule has 0 spiro atoms. The summed E-state index contributed by atoms with van der Waals surface area (Å²) in [5, 5.41) is 11.7. The van der Waals surface area contributed by atoms with E-state index in [2.05, 4.69) is 5.32 Å². The van der Waals surface area contributed by atoms with Crippen LogP contribution in [0.5, 0.6) is 11.5 Å². The van der Waals surface area contributed by atoms with Gasteiger partial charge in [-0.3, -0.25) is 9.10 Å². The van der Waals surface area contributed by atoms with Crippen LogP contribution in [-0.4, -0.2) is 34.6 Å². The van der Waals surface area contributed by atoms with Crippen molar-refractivity contribution in [3.8, 4) is 17.6 Å². The molecule has 9 heteroatoms. The molecule has 0 bridgehead atoms. The van der Waals surface area contributed by atoms with Crippen LogP contribution >= 0.6 is 0 Å². The minimum Gasteiger partial charge on any atom is -0.495 e. The Balaban J connectivity index is 1.97. The lowest BCUT2D eigenvalue weighted by atomic mass is 10.2. The second-order valence-corrected chi connectivity index (χ2v) is 8.69. The molecule has 1 amide bonds. The SMILES string of the molecule is CCOc1ccc(S(=O)(=O)N(CC(=O)Nc2cccc(C#N)c2)c2ccccc2OC)cc1. The van der Waals surface area contributed by atoms with Crippen molar-refractivity contribution in [1.29, 1.82) is 5.26 Å². The van der Waals surface area contributed by atoms with Gasteiger partial charge in [-0.2, -0.15) is 5.26 Å². The maximum atomic E-state index is 13.6. The van der Waals surface area contributed by atoms with E-state index in [1.165, 1.54) is 25.3 Å². The van der Waals surface area contributed by atoms with Gasteiger partial charge in [-0.05, 0) is 61.5 Å². The zero-order chi connectivity index (χ0) is 23.8. The number of carbonyl (C=O) groups excluding carboxylic acids is 1. The number of nitriles is 1. The maximum Gasteiger partial charge on any atom is 0.264 e. The Morgan fingerprint density at radius 3 is 2.45 bits per heavy atom. The molecule has 0 radical (unpaired) electrons. The minimum atomic E-state index is -4.13. The van der Waals surface area contributed by atoms with Gasteiger partial charge < -0.3 is 14.8 Å². The van der Waals surface area contributed by atoms with Crippen molar-refractivity contribution in [2.75, 3.05) is 29.9 Å². The smallest absolute Gasteiger partial charge is 0.264 e. The van der Waals surface area contributed by atoms with Crippen LogP contribution in [0.15, 0.2) is 77.7 Å². The van der Waals surface area contributed by atoms with Gasteiger partial charge in [-0.15, -0.1) is 0 Å². The van der Waals surface area contributed by atoms with Gasteiger partial charge in [-0.1, -0.05) is 18.2 Å². The highest BCUT2D eigenvalue weighted by atomic mass is 32.2. The highest BCUT2D eigenvalue weighted by Gasteiger charge is 2.29. The number of sulfonamides is 1. The molecule has 0 aromatic heterocycles. The number of nitrogens with one attached hydrogen (secondary N) is 1. The normalized spacial score (nSPS) is 10.7. The van der Waals surface area contributed by atoms with Crippen molar-refractivity contribution in [3.05, 3.63) is 78.4 Å². The van der Waals surface area contributed by atoms with Gasteiger partial charge in [0.2, 0.25) is 5.91 Å². The van der Waals surface area contributed by atoms with Crippen LogP contribution in [0, 0.1) is 11.3 Å². The van der Waals surface area contributed by atoms with E-state index in [9.17, 15) is 13.2 Å². The lowest BCUT2D eigenvalue weighted by Gasteiger charge is -2.25. The lowest BCUT2D eigenvalue weighted by Crippen LogP contribution is -2.38. The van der Waals surface area contributed by atoms with Gasteiger partial charge in [0, 0.05) is 5.69 Å². The van der Waals surface area contributed by atoms with Crippen molar-refractivity contribution in [2.45, 2.75) is 11.8 Å². The topological polar surface area (TPSA) is 109 Å². The van der Waals surface area contributed by atoms with Crippen LogP contribution < -0.4 is 19.1 Å². The molecule has 0 saturated heterocycles. The molecule has 0 aliphatic rings. The van der Waals surface area contributed by atoms with E-state index >= 15 is 0 Å². The third kappa shape index (κ3) is 5.61. The molecule has 170 valence electrons. The van der Waals surface area contributed by atoms with E-state index in [0.29, 0.717) is 29.4 Å². The molecule has 3 rings (SSSR count). The van der Waals surface area contributed by atoms with Crippen molar-refractivity contribution >= 4 is 27.3 Å². The summed E-state index contributed by atoms with van der Waals surface area (Å²) in [7, 11) is -2.71. The predicted octanol–water partition coefficient (Wildman–Crippen LogP) is 3.80. The molecule has 8 nitrogen and oxygen atoms in total. The summed E-state index contributed by atoms with van der Waals surface area (Å²) >= 11 is 0. The number of rotatable bonds is 9. The van der Waals surface area contributed by atoms with Crippen LogP contribution in [0.3, 0.4) is 0 Å². The summed E-state index contributed by atoms with van der Waals surface area (Å²) in [6, 6.07) is 20.9. The van der Waals surface area contributed by atoms with Crippen molar-refractivity contribution in [3.63, 3.8) is 0 Å². The number of para-hydroxylation sites is 2. The third-order valence-corrected chi connectivity index (χ3v) is 6.41. The Bertz CT molecular complexity index is 1270. The first kappa shape index (κ1) is 23.6. The van der Waals surface area contributed by atoms with E-state index in [0.717, 1.165) is 4.31 Å². The van der Waals surface area contributed by atoms with Gasteiger partial charge in [-0.25, -0.2) is 8.42 Å². The molecule has 3 aromatic carbocycles. The number of carbonyl (C=O) groups is 1. The number of benzene rings is 3. The molecular formula is C24H23N3O5S.